The van der Waals surface area contributed by atoms with Crippen LogP contribution in [0.4, 0.5) is 5.69 Å². The summed E-state index contributed by atoms with van der Waals surface area (Å²) >= 11 is 6.08. The largest absolute Gasteiger partial charge is 0.463 e. The third kappa shape index (κ3) is 4.02. The van der Waals surface area contributed by atoms with Gasteiger partial charge in [0, 0.05) is 31.7 Å². The first-order valence-electron chi connectivity index (χ1n) is 8.69. The highest BCUT2D eigenvalue weighted by molar-refractivity contribution is 7.92. The fourth-order valence-electron chi connectivity index (χ4n) is 3.10. The van der Waals surface area contributed by atoms with E-state index in [4.69, 9.17) is 16.0 Å². The summed E-state index contributed by atoms with van der Waals surface area (Å²) in [5, 5.41) is 0.469. The van der Waals surface area contributed by atoms with Crippen molar-refractivity contribution in [3.8, 4) is 0 Å². The zero-order chi connectivity index (χ0) is 20.6. The van der Waals surface area contributed by atoms with Crippen molar-refractivity contribution in [3.05, 3.63) is 46.4 Å². The van der Waals surface area contributed by atoms with Crippen LogP contribution in [0.2, 0.25) is 5.02 Å². The maximum atomic E-state index is 12.8. The average molecular weight is 427 g/mol. The van der Waals surface area contributed by atoms with Crippen molar-refractivity contribution >= 4 is 33.2 Å². The van der Waals surface area contributed by atoms with E-state index in [1.165, 1.54) is 11.0 Å². The second-order valence-electron chi connectivity index (χ2n) is 6.98. The highest BCUT2D eigenvalue weighted by Gasteiger charge is 2.38. The monoisotopic (exact) mass is 426 g/mol. The Balaban J connectivity index is 1.88. The van der Waals surface area contributed by atoms with E-state index in [0.29, 0.717) is 23.0 Å². The van der Waals surface area contributed by atoms with E-state index in [2.05, 4.69) is 15.6 Å². The number of amides is 1. The number of nitrogens with zero attached hydrogens (tertiary/aromatic N) is 1. The van der Waals surface area contributed by atoms with Crippen molar-refractivity contribution in [2.75, 3.05) is 25.4 Å². The lowest BCUT2D eigenvalue weighted by Gasteiger charge is -2.19. The van der Waals surface area contributed by atoms with Crippen molar-refractivity contribution in [3.63, 3.8) is 0 Å². The Bertz CT molecular complexity index is 1000. The summed E-state index contributed by atoms with van der Waals surface area (Å²) in [6, 6.07) is 5.92. The minimum Gasteiger partial charge on any atom is -0.463 e. The number of anilines is 1. The van der Waals surface area contributed by atoms with E-state index in [9.17, 15) is 13.2 Å². The zero-order valence-electron chi connectivity index (χ0n) is 16.0. The van der Waals surface area contributed by atoms with Gasteiger partial charge in [0.05, 0.1) is 17.6 Å². The minimum atomic E-state index is -3.88. The highest BCUT2D eigenvalue weighted by Crippen LogP contribution is 2.32. The molecule has 8 nitrogen and oxygen atoms in total. The number of carbonyl (C=O) groups excluding carboxylic acids is 1. The molecule has 1 amide bonds. The number of benzene rings is 1. The second kappa shape index (κ2) is 7.75. The van der Waals surface area contributed by atoms with Gasteiger partial charge in [0.2, 0.25) is 5.91 Å². The van der Waals surface area contributed by atoms with Crippen LogP contribution in [0.15, 0.2) is 33.6 Å². The summed E-state index contributed by atoms with van der Waals surface area (Å²) in [5.74, 6) is 0.142. The van der Waals surface area contributed by atoms with Crippen molar-refractivity contribution in [1.29, 1.82) is 0 Å². The molecule has 1 aromatic carbocycles. The van der Waals surface area contributed by atoms with Crippen molar-refractivity contribution in [1.82, 2.24) is 15.8 Å². The number of sulfonamides is 1. The van der Waals surface area contributed by atoms with Crippen molar-refractivity contribution in [2.45, 2.75) is 24.8 Å². The molecule has 1 aliphatic rings. The molecule has 0 aliphatic carbocycles. The standard InChI is InChI=1S/C18H23ClN4O4S/c1-10-5-6-12(7-14(10)19)22-28(25,26)16-8-15(27-11(16)2)17-13(9-20-21-17)18(24)23(3)4/h5-8,13,17,20-22H,9H2,1-4H3. The highest BCUT2D eigenvalue weighted by atomic mass is 35.5. The number of halogens is 1. The van der Waals surface area contributed by atoms with Gasteiger partial charge in [-0.25, -0.2) is 13.8 Å². The topological polar surface area (TPSA) is 104 Å². The molecule has 2 aromatic rings. The molecule has 1 fully saturated rings. The lowest BCUT2D eigenvalue weighted by molar-refractivity contribution is -0.133. The SMILES string of the molecule is Cc1ccc(NS(=O)(=O)c2cc(C3NNCC3C(=O)N(C)C)oc2C)cc1Cl. The first-order valence-corrected chi connectivity index (χ1v) is 10.5. The van der Waals surface area contributed by atoms with Crippen LogP contribution in [-0.2, 0) is 14.8 Å². The van der Waals surface area contributed by atoms with Crippen LogP contribution in [0.1, 0.15) is 23.1 Å². The molecule has 3 rings (SSSR count). The van der Waals surface area contributed by atoms with Gasteiger partial charge in [0.1, 0.15) is 16.4 Å². The van der Waals surface area contributed by atoms with Crippen molar-refractivity contribution in [2.24, 2.45) is 5.92 Å². The summed E-state index contributed by atoms with van der Waals surface area (Å²) < 4.78 is 33.9. The zero-order valence-corrected chi connectivity index (χ0v) is 17.6. The van der Waals surface area contributed by atoms with Crippen LogP contribution >= 0.6 is 11.6 Å². The molecule has 3 N–H and O–H groups in total. The van der Waals surface area contributed by atoms with Gasteiger partial charge in [-0.2, -0.15) is 0 Å². The van der Waals surface area contributed by atoms with Gasteiger partial charge in [-0.3, -0.25) is 14.9 Å². The maximum Gasteiger partial charge on any atom is 0.265 e. The molecule has 0 bridgehead atoms. The summed E-state index contributed by atoms with van der Waals surface area (Å²) in [5.41, 5.74) is 7.14. The van der Waals surface area contributed by atoms with E-state index < -0.39 is 22.0 Å². The predicted molar refractivity (Wildman–Crippen MR) is 107 cm³/mol. The van der Waals surface area contributed by atoms with Crippen molar-refractivity contribution < 1.29 is 17.6 Å². The number of nitrogens with one attached hydrogen (secondary N) is 3. The van der Waals surface area contributed by atoms with E-state index in [1.807, 2.05) is 6.92 Å². The normalized spacial score (nSPS) is 19.6. The Kier molecular flexibility index (Phi) is 5.72. The van der Waals surface area contributed by atoms with Gasteiger partial charge < -0.3 is 9.32 Å². The van der Waals surface area contributed by atoms with Gasteiger partial charge in [-0.05, 0) is 31.5 Å². The van der Waals surface area contributed by atoms with Crippen LogP contribution in [-0.4, -0.2) is 39.9 Å². The molecule has 10 heteroatoms. The maximum absolute atomic E-state index is 12.8. The summed E-state index contributed by atoms with van der Waals surface area (Å²) in [4.78, 5) is 13.9. The van der Waals surface area contributed by atoms with Gasteiger partial charge >= 0.3 is 0 Å². The van der Waals surface area contributed by atoms with Gasteiger partial charge in [0.25, 0.3) is 10.0 Å². The molecule has 1 saturated heterocycles. The molecular weight excluding hydrogens is 404 g/mol. The van der Waals surface area contributed by atoms with E-state index in [-0.39, 0.29) is 16.6 Å². The Labute approximate surface area is 169 Å². The average Bonchev–Trinajstić information content (AvgIpc) is 3.23. The fourth-order valence-corrected chi connectivity index (χ4v) is 4.52. The molecule has 0 spiro atoms. The lowest BCUT2D eigenvalue weighted by Crippen LogP contribution is -2.34. The smallest absolute Gasteiger partial charge is 0.265 e. The van der Waals surface area contributed by atoms with Crippen LogP contribution < -0.4 is 15.6 Å². The molecule has 0 saturated carbocycles. The molecule has 152 valence electrons. The first kappa shape index (κ1) is 20.7. The van der Waals surface area contributed by atoms with E-state index in [0.717, 1.165) is 5.56 Å². The molecule has 1 aliphatic heterocycles. The number of hydrazine groups is 1. The summed E-state index contributed by atoms with van der Waals surface area (Å²) in [6.45, 7) is 3.83. The van der Waals surface area contributed by atoms with E-state index in [1.54, 1.807) is 39.2 Å². The number of hydrogen-bond acceptors (Lipinski definition) is 6. The number of aryl methyl sites for hydroxylation is 2. The van der Waals surface area contributed by atoms with Crippen LogP contribution in [0.5, 0.6) is 0 Å². The minimum absolute atomic E-state index is 0.0175. The van der Waals surface area contributed by atoms with Crippen LogP contribution in [0, 0.1) is 19.8 Å². The molecule has 2 heterocycles. The fraction of sp³-hybridized carbons (Fsp3) is 0.389. The number of hydrogen-bond donors (Lipinski definition) is 3. The third-order valence-corrected chi connectivity index (χ3v) is 6.55. The molecule has 2 unspecified atom stereocenters. The Hall–Kier alpha value is -2.07. The summed E-state index contributed by atoms with van der Waals surface area (Å²) in [6.07, 6.45) is 0. The Morgan fingerprint density at radius 2 is 2.00 bits per heavy atom. The Morgan fingerprint density at radius 3 is 2.64 bits per heavy atom. The summed E-state index contributed by atoms with van der Waals surface area (Å²) in [7, 11) is -0.526. The van der Waals surface area contributed by atoms with Gasteiger partial charge in [0.15, 0.2) is 0 Å². The first-order chi connectivity index (χ1) is 13.1. The van der Waals surface area contributed by atoms with E-state index >= 15 is 0 Å². The predicted octanol–water partition coefficient (Wildman–Crippen LogP) is 2.20. The van der Waals surface area contributed by atoms with Crippen LogP contribution in [0.3, 0.4) is 0 Å². The number of carbonyl (C=O) groups is 1. The van der Waals surface area contributed by atoms with Gasteiger partial charge in [-0.1, -0.05) is 17.7 Å². The number of furan rings is 1. The number of rotatable bonds is 5. The molecule has 2 atom stereocenters. The Morgan fingerprint density at radius 1 is 1.29 bits per heavy atom. The van der Waals surface area contributed by atoms with Crippen LogP contribution in [0.25, 0.3) is 0 Å². The molecule has 28 heavy (non-hydrogen) atoms. The molecule has 0 radical (unpaired) electrons. The third-order valence-electron chi connectivity index (χ3n) is 4.65. The molecular formula is C18H23ClN4O4S. The lowest BCUT2D eigenvalue weighted by atomic mass is 9.98. The van der Waals surface area contributed by atoms with Gasteiger partial charge in [-0.15, -0.1) is 0 Å². The second-order valence-corrected chi connectivity index (χ2v) is 9.04. The molecule has 1 aromatic heterocycles. The quantitative estimate of drug-likeness (QED) is 0.677.